The zero-order valence-electron chi connectivity index (χ0n) is 13.0. The number of amides is 1. The van der Waals surface area contributed by atoms with E-state index >= 15 is 0 Å². The Balaban J connectivity index is 1.68. The molecule has 4 nitrogen and oxygen atoms in total. The summed E-state index contributed by atoms with van der Waals surface area (Å²) in [5.74, 6) is 0.152. The number of carbonyl (C=O) groups is 1. The predicted octanol–water partition coefficient (Wildman–Crippen LogP) is 2.96. The van der Waals surface area contributed by atoms with Crippen molar-refractivity contribution in [2.75, 3.05) is 13.2 Å². The first-order chi connectivity index (χ1) is 10.8. The minimum atomic E-state index is 0.152. The van der Waals surface area contributed by atoms with Crippen LogP contribution in [0.3, 0.4) is 0 Å². The molecular formula is C18H22N2O2. The highest BCUT2D eigenvalue weighted by Gasteiger charge is 2.37. The Labute approximate surface area is 130 Å². The van der Waals surface area contributed by atoms with Crippen LogP contribution in [0.1, 0.15) is 36.2 Å². The third-order valence-corrected chi connectivity index (χ3v) is 5.16. The summed E-state index contributed by atoms with van der Waals surface area (Å²) in [6.45, 7) is 1.37. The number of para-hydroxylation sites is 1. The van der Waals surface area contributed by atoms with Crippen molar-refractivity contribution in [3.05, 3.63) is 36.0 Å². The quantitative estimate of drug-likeness (QED) is 0.811. The second-order valence-corrected chi connectivity index (χ2v) is 6.41. The number of fused-ring (bicyclic) bond motifs is 2. The third kappa shape index (κ3) is 2.13. The Morgan fingerprint density at radius 1 is 1.23 bits per heavy atom. The van der Waals surface area contributed by atoms with Crippen LogP contribution in [-0.4, -0.2) is 40.7 Å². The molecule has 2 aromatic rings. The van der Waals surface area contributed by atoms with Crippen LogP contribution in [0.2, 0.25) is 0 Å². The van der Waals surface area contributed by atoms with E-state index in [1.807, 2.05) is 29.8 Å². The van der Waals surface area contributed by atoms with E-state index in [4.69, 9.17) is 4.74 Å². The van der Waals surface area contributed by atoms with E-state index in [1.54, 1.807) is 0 Å². The first-order valence-electron chi connectivity index (χ1n) is 8.23. The zero-order valence-corrected chi connectivity index (χ0v) is 13.0. The van der Waals surface area contributed by atoms with Crippen LogP contribution in [0.15, 0.2) is 30.3 Å². The van der Waals surface area contributed by atoms with Crippen LogP contribution in [-0.2, 0) is 11.8 Å². The molecule has 0 radical (unpaired) electrons. The van der Waals surface area contributed by atoms with E-state index < -0.39 is 0 Å². The van der Waals surface area contributed by atoms with Gasteiger partial charge in [0, 0.05) is 24.5 Å². The smallest absolute Gasteiger partial charge is 0.270 e. The van der Waals surface area contributed by atoms with Crippen molar-refractivity contribution < 1.29 is 9.53 Å². The monoisotopic (exact) mass is 298 g/mol. The van der Waals surface area contributed by atoms with Crippen LogP contribution in [0.4, 0.5) is 0 Å². The predicted molar refractivity (Wildman–Crippen MR) is 86.0 cm³/mol. The lowest BCUT2D eigenvalue weighted by Gasteiger charge is -2.43. The average Bonchev–Trinajstić information content (AvgIpc) is 2.91. The van der Waals surface area contributed by atoms with Gasteiger partial charge in [-0.3, -0.25) is 4.79 Å². The van der Waals surface area contributed by atoms with Crippen LogP contribution in [0, 0.1) is 0 Å². The minimum absolute atomic E-state index is 0.152. The third-order valence-electron chi connectivity index (χ3n) is 5.16. The number of morpholine rings is 1. The summed E-state index contributed by atoms with van der Waals surface area (Å²) in [7, 11) is 1.98. The average molecular weight is 298 g/mol. The van der Waals surface area contributed by atoms with Gasteiger partial charge in [0.25, 0.3) is 5.91 Å². The summed E-state index contributed by atoms with van der Waals surface area (Å²) in [6, 6.07) is 10.4. The van der Waals surface area contributed by atoms with Crippen LogP contribution in [0.5, 0.6) is 0 Å². The maximum absolute atomic E-state index is 13.1. The molecule has 4 rings (SSSR count). The molecule has 4 heteroatoms. The molecule has 2 fully saturated rings. The van der Waals surface area contributed by atoms with Crippen molar-refractivity contribution in [3.8, 4) is 0 Å². The second kappa shape index (κ2) is 5.43. The van der Waals surface area contributed by atoms with E-state index in [9.17, 15) is 4.79 Å². The number of hydrogen-bond donors (Lipinski definition) is 0. The summed E-state index contributed by atoms with van der Waals surface area (Å²) in [5.41, 5.74) is 1.90. The molecule has 0 bridgehead atoms. The lowest BCUT2D eigenvalue weighted by molar-refractivity contribution is -0.0754. The van der Waals surface area contributed by atoms with Crippen molar-refractivity contribution in [2.45, 2.75) is 37.8 Å². The molecule has 2 aliphatic rings. The molecule has 0 spiro atoms. The summed E-state index contributed by atoms with van der Waals surface area (Å²) in [4.78, 5) is 15.2. The van der Waals surface area contributed by atoms with Gasteiger partial charge in [-0.1, -0.05) is 31.0 Å². The molecule has 1 saturated carbocycles. The number of benzene rings is 1. The van der Waals surface area contributed by atoms with Gasteiger partial charge in [0.1, 0.15) is 5.69 Å². The molecule has 1 aliphatic carbocycles. The lowest BCUT2D eigenvalue weighted by Crippen LogP contribution is -2.55. The summed E-state index contributed by atoms with van der Waals surface area (Å²) in [5, 5.41) is 1.13. The Morgan fingerprint density at radius 3 is 2.91 bits per heavy atom. The fourth-order valence-corrected chi connectivity index (χ4v) is 3.99. The number of hydrogen-bond acceptors (Lipinski definition) is 2. The number of aromatic nitrogens is 1. The number of aryl methyl sites for hydroxylation is 1. The van der Waals surface area contributed by atoms with Gasteiger partial charge in [0.15, 0.2) is 0 Å². The minimum Gasteiger partial charge on any atom is -0.374 e. The van der Waals surface area contributed by atoms with Gasteiger partial charge in [-0.05, 0) is 25.0 Å². The highest BCUT2D eigenvalue weighted by Crippen LogP contribution is 2.30. The molecule has 2 heterocycles. The maximum Gasteiger partial charge on any atom is 0.270 e. The molecule has 1 saturated heterocycles. The lowest BCUT2D eigenvalue weighted by atomic mass is 9.90. The number of carbonyl (C=O) groups excluding carboxylic acids is 1. The van der Waals surface area contributed by atoms with Crippen molar-refractivity contribution in [3.63, 3.8) is 0 Å². The molecular weight excluding hydrogens is 276 g/mol. The van der Waals surface area contributed by atoms with Crippen LogP contribution < -0.4 is 0 Å². The number of nitrogens with zero attached hydrogens (tertiary/aromatic N) is 2. The van der Waals surface area contributed by atoms with Crippen LogP contribution in [0.25, 0.3) is 10.9 Å². The standard InChI is InChI=1S/C18H22N2O2/c1-19-14-7-3-2-6-13(14)12-16(19)18(21)20-10-11-22-17-9-5-4-8-15(17)20/h2-3,6-7,12,15,17H,4-5,8-11H2,1H3/t15-,17-/m0/s1. The van der Waals surface area contributed by atoms with Crippen molar-refractivity contribution >= 4 is 16.8 Å². The summed E-state index contributed by atoms with van der Waals surface area (Å²) >= 11 is 0. The molecule has 1 amide bonds. The Kier molecular flexibility index (Phi) is 3.41. The topological polar surface area (TPSA) is 34.5 Å². The maximum atomic E-state index is 13.1. The molecule has 116 valence electrons. The van der Waals surface area contributed by atoms with Gasteiger partial charge in [-0.2, -0.15) is 0 Å². The van der Waals surface area contributed by atoms with E-state index in [0.717, 1.165) is 29.4 Å². The fraction of sp³-hybridized carbons (Fsp3) is 0.500. The highest BCUT2D eigenvalue weighted by atomic mass is 16.5. The summed E-state index contributed by atoms with van der Waals surface area (Å²) < 4.78 is 7.91. The second-order valence-electron chi connectivity index (χ2n) is 6.41. The molecule has 0 unspecified atom stereocenters. The van der Waals surface area contributed by atoms with Crippen LogP contribution >= 0.6 is 0 Å². The van der Waals surface area contributed by atoms with Gasteiger partial charge in [-0.25, -0.2) is 0 Å². The highest BCUT2D eigenvalue weighted by molar-refractivity contribution is 5.99. The van der Waals surface area contributed by atoms with Gasteiger partial charge in [0.2, 0.25) is 0 Å². The van der Waals surface area contributed by atoms with E-state index in [2.05, 4.69) is 17.0 Å². The van der Waals surface area contributed by atoms with E-state index in [1.165, 1.54) is 12.8 Å². The molecule has 1 aliphatic heterocycles. The van der Waals surface area contributed by atoms with Gasteiger partial charge in [-0.15, -0.1) is 0 Å². The zero-order chi connectivity index (χ0) is 15.1. The van der Waals surface area contributed by atoms with Gasteiger partial charge in [0.05, 0.1) is 18.8 Å². The fourth-order valence-electron chi connectivity index (χ4n) is 3.99. The number of rotatable bonds is 1. The summed E-state index contributed by atoms with van der Waals surface area (Å²) in [6.07, 6.45) is 4.81. The first kappa shape index (κ1) is 13.8. The Hall–Kier alpha value is -1.81. The first-order valence-corrected chi connectivity index (χ1v) is 8.23. The van der Waals surface area contributed by atoms with Crippen molar-refractivity contribution in [1.29, 1.82) is 0 Å². The van der Waals surface area contributed by atoms with E-state index in [0.29, 0.717) is 13.2 Å². The largest absolute Gasteiger partial charge is 0.374 e. The Morgan fingerprint density at radius 2 is 2.05 bits per heavy atom. The number of ether oxygens (including phenoxy) is 1. The molecule has 0 N–H and O–H groups in total. The SMILES string of the molecule is Cn1c(C(=O)N2CCO[C@H]3CCCC[C@@H]32)cc2ccccc21. The molecule has 1 aromatic heterocycles. The van der Waals surface area contributed by atoms with Gasteiger partial charge < -0.3 is 14.2 Å². The van der Waals surface area contributed by atoms with Crippen molar-refractivity contribution in [1.82, 2.24) is 9.47 Å². The normalized spacial score (nSPS) is 25.2. The molecule has 1 aromatic carbocycles. The Bertz CT molecular complexity index is 704. The molecule has 22 heavy (non-hydrogen) atoms. The van der Waals surface area contributed by atoms with Crippen molar-refractivity contribution in [2.24, 2.45) is 7.05 Å². The molecule has 2 atom stereocenters. The van der Waals surface area contributed by atoms with E-state index in [-0.39, 0.29) is 18.1 Å². The van der Waals surface area contributed by atoms with Gasteiger partial charge >= 0.3 is 0 Å².